The number of benzene rings is 2. The van der Waals surface area contributed by atoms with Crippen molar-refractivity contribution in [3.63, 3.8) is 0 Å². The van der Waals surface area contributed by atoms with E-state index in [4.69, 9.17) is 5.11 Å². The molecule has 0 aliphatic heterocycles. The lowest BCUT2D eigenvalue weighted by atomic mass is 10.1. The van der Waals surface area contributed by atoms with Gasteiger partial charge in [-0.3, -0.25) is 4.21 Å². The summed E-state index contributed by atoms with van der Waals surface area (Å²) in [6.07, 6.45) is 0. The van der Waals surface area contributed by atoms with Crippen LogP contribution in [-0.4, -0.2) is 15.3 Å². The van der Waals surface area contributed by atoms with Gasteiger partial charge in [0, 0.05) is 9.77 Å². The van der Waals surface area contributed by atoms with Crippen LogP contribution in [-0.2, 0) is 16.6 Å². The predicted octanol–water partition coefficient (Wildman–Crippen LogP) is 3.91. The maximum Gasteiger partial charge on any atom is 0.345 e. The van der Waals surface area contributed by atoms with Crippen LogP contribution in [0, 0.1) is 0 Å². The Balaban J connectivity index is 1.84. The number of hydrogen-bond acceptors (Lipinski definition) is 3. The van der Waals surface area contributed by atoms with Crippen molar-refractivity contribution in [1.82, 2.24) is 0 Å². The molecule has 1 heterocycles. The Hall–Kier alpha value is -1.98. The van der Waals surface area contributed by atoms with E-state index in [1.54, 1.807) is 12.1 Å². The molecule has 0 aliphatic rings. The lowest BCUT2D eigenvalue weighted by molar-refractivity contribution is 0.0702. The molecule has 1 unspecified atom stereocenters. The average Bonchev–Trinajstić information content (AvgIpc) is 2.95. The summed E-state index contributed by atoms with van der Waals surface area (Å²) in [7, 11) is -1.17. The van der Waals surface area contributed by atoms with Gasteiger partial charge in [-0.05, 0) is 35.0 Å². The Kier molecular flexibility index (Phi) is 3.86. The van der Waals surface area contributed by atoms with E-state index in [1.165, 1.54) is 11.3 Å². The summed E-state index contributed by atoms with van der Waals surface area (Å²) in [5, 5.41) is 11.1. The number of fused-ring (bicyclic) bond motifs is 1. The molecular weight excluding hydrogens is 304 g/mol. The normalized spacial score (nSPS) is 12.4. The molecule has 0 bridgehead atoms. The average molecular weight is 316 g/mol. The van der Waals surface area contributed by atoms with Crippen LogP contribution in [0.4, 0.5) is 0 Å². The van der Waals surface area contributed by atoms with Crippen LogP contribution >= 0.6 is 11.3 Å². The molecule has 3 rings (SSSR count). The van der Waals surface area contributed by atoms with E-state index >= 15 is 0 Å². The third-order valence-corrected chi connectivity index (χ3v) is 5.74. The van der Waals surface area contributed by atoms with Gasteiger partial charge in [0.2, 0.25) is 0 Å². The Morgan fingerprint density at radius 1 is 1.05 bits per heavy atom. The summed E-state index contributed by atoms with van der Waals surface area (Å²) in [5.74, 6) is -0.598. The molecule has 21 heavy (non-hydrogen) atoms. The number of thiophene rings is 1. The lowest BCUT2D eigenvalue weighted by Crippen LogP contribution is -1.94. The highest BCUT2D eigenvalue weighted by Crippen LogP contribution is 2.23. The predicted molar refractivity (Wildman–Crippen MR) is 85.3 cm³/mol. The van der Waals surface area contributed by atoms with Gasteiger partial charge in [0.15, 0.2) is 0 Å². The van der Waals surface area contributed by atoms with Gasteiger partial charge >= 0.3 is 5.97 Å². The molecule has 0 radical (unpaired) electrons. The summed E-state index contributed by atoms with van der Waals surface area (Å²) in [6.45, 7) is 0. The van der Waals surface area contributed by atoms with Crippen LogP contribution in [0.5, 0.6) is 0 Å². The zero-order chi connectivity index (χ0) is 14.8. The number of aromatic carboxylic acids is 1. The van der Waals surface area contributed by atoms with Crippen molar-refractivity contribution in [2.24, 2.45) is 0 Å². The minimum absolute atomic E-state index is 0.278. The molecule has 0 amide bonds. The van der Waals surface area contributed by atoms with Gasteiger partial charge < -0.3 is 5.11 Å². The van der Waals surface area contributed by atoms with E-state index in [9.17, 15) is 9.00 Å². The molecule has 0 spiro atoms. The van der Waals surface area contributed by atoms with Crippen molar-refractivity contribution in [2.45, 2.75) is 10.6 Å². The number of carboxylic acid groups (broad SMARTS) is 1. The third-order valence-electron chi connectivity index (χ3n) is 3.13. The molecule has 0 fully saturated rings. The van der Waals surface area contributed by atoms with Crippen molar-refractivity contribution in [1.29, 1.82) is 0 Å². The second-order valence-corrected chi connectivity index (χ2v) is 7.19. The van der Waals surface area contributed by atoms with Crippen LogP contribution in [0.25, 0.3) is 10.8 Å². The first kappa shape index (κ1) is 14.0. The minimum atomic E-state index is -1.17. The Bertz CT molecular complexity index is 836. The maximum atomic E-state index is 12.4. The molecule has 0 saturated heterocycles. The summed E-state index contributed by atoms with van der Waals surface area (Å²) < 4.78 is 12.4. The number of carboxylic acids is 1. The monoisotopic (exact) mass is 316 g/mol. The van der Waals surface area contributed by atoms with E-state index in [2.05, 4.69) is 0 Å². The highest BCUT2D eigenvalue weighted by Gasteiger charge is 2.11. The van der Waals surface area contributed by atoms with Crippen LogP contribution in [0.2, 0.25) is 0 Å². The lowest BCUT2D eigenvalue weighted by Gasteiger charge is -2.03. The fourth-order valence-corrected chi connectivity index (χ4v) is 4.29. The molecule has 1 aromatic heterocycles. The molecule has 106 valence electrons. The molecule has 3 nitrogen and oxygen atoms in total. The largest absolute Gasteiger partial charge is 0.477 e. The molecule has 1 atom stereocenters. The van der Waals surface area contributed by atoms with Crippen LogP contribution < -0.4 is 0 Å². The first-order chi connectivity index (χ1) is 10.1. The quantitative estimate of drug-likeness (QED) is 0.794. The standard InChI is InChI=1S/C16H12O3S2/c17-16(18)15-8-6-13(20-15)10-21(19)14-7-5-11-3-1-2-4-12(11)9-14/h1-9H,10H2,(H,17,18). The Labute approximate surface area is 128 Å². The van der Waals surface area contributed by atoms with Crippen molar-refractivity contribution in [3.05, 3.63) is 64.4 Å². The van der Waals surface area contributed by atoms with Crippen molar-refractivity contribution >= 4 is 38.9 Å². The van der Waals surface area contributed by atoms with Crippen LogP contribution in [0.15, 0.2) is 59.5 Å². The topological polar surface area (TPSA) is 54.4 Å². The van der Waals surface area contributed by atoms with Crippen molar-refractivity contribution in [2.75, 3.05) is 0 Å². The van der Waals surface area contributed by atoms with E-state index in [-0.39, 0.29) is 4.88 Å². The van der Waals surface area contributed by atoms with Crippen molar-refractivity contribution < 1.29 is 14.1 Å². The maximum absolute atomic E-state index is 12.4. The van der Waals surface area contributed by atoms with Crippen LogP contribution in [0.3, 0.4) is 0 Å². The van der Waals surface area contributed by atoms with E-state index in [0.717, 1.165) is 20.5 Å². The number of hydrogen-bond donors (Lipinski definition) is 1. The summed E-state index contributed by atoms with van der Waals surface area (Å²) in [5.41, 5.74) is 0. The third kappa shape index (κ3) is 3.04. The smallest absolute Gasteiger partial charge is 0.345 e. The summed E-state index contributed by atoms with van der Waals surface area (Å²) in [6, 6.07) is 17.0. The second kappa shape index (κ2) is 5.79. The highest BCUT2D eigenvalue weighted by atomic mass is 32.2. The molecule has 1 N–H and O–H groups in total. The highest BCUT2D eigenvalue weighted by molar-refractivity contribution is 7.84. The SMILES string of the molecule is O=C(O)c1ccc(CS(=O)c2ccc3ccccc3c2)s1. The van der Waals surface area contributed by atoms with Gasteiger partial charge in [-0.15, -0.1) is 11.3 Å². The number of rotatable bonds is 4. The zero-order valence-electron chi connectivity index (χ0n) is 11.0. The Morgan fingerprint density at radius 3 is 2.52 bits per heavy atom. The minimum Gasteiger partial charge on any atom is -0.477 e. The van der Waals surface area contributed by atoms with Gasteiger partial charge in [0.05, 0.1) is 16.6 Å². The van der Waals surface area contributed by atoms with Gasteiger partial charge in [-0.1, -0.05) is 30.3 Å². The Morgan fingerprint density at radius 2 is 1.81 bits per heavy atom. The molecule has 3 aromatic rings. The molecular formula is C16H12O3S2. The second-order valence-electron chi connectivity index (χ2n) is 4.57. The van der Waals surface area contributed by atoms with Gasteiger partial charge in [0.1, 0.15) is 4.88 Å². The van der Waals surface area contributed by atoms with Gasteiger partial charge in [-0.25, -0.2) is 4.79 Å². The van der Waals surface area contributed by atoms with Gasteiger partial charge in [-0.2, -0.15) is 0 Å². The molecule has 0 saturated carbocycles. The van der Waals surface area contributed by atoms with Crippen LogP contribution in [0.1, 0.15) is 14.5 Å². The number of carbonyl (C=O) groups is 1. The molecule has 0 aliphatic carbocycles. The summed E-state index contributed by atoms with van der Waals surface area (Å²) >= 11 is 1.18. The fourth-order valence-electron chi connectivity index (χ4n) is 2.09. The zero-order valence-corrected chi connectivity index (χ0v) is 12.6. The van der Waals surface area contributed by atoms with Crippen molar-refractivity contribution in [3.8, 4) is 0 Å². The molecule has 5 heteroatoms. The first-order valence-corrected chi connectivity index (χ1v) is 8.46. The summed E-state index contributed by atoms with van der Waals surface area (Å²) in [4.78, 5) is 12.7. The van der Waals surface area contributed by atoms with E-state index in [1.807, 2.05) is 42.5 Å². The first-order valence-electron chi connectivity index (χ1n) is 6.33. The van der Waals surface area contributed by atoms with E-state index < -0.39 is 16.8 Å². The van der Waals surface area contributed by atoms with Gasteiger partial charge in [0.25, 0.3) is 0 Å². The molecule has 2 aromatic carbocycles. The fraction of sp³-hybridized carbons (Fsp3) is 0.0625. The van der Waals surface area contributed by atoms with E-state index in [0.29, 0.717) is 5.75 Å².